The molecule has 1 atom stereocenters. The topological polar surface area (TPSA) is 52.6 Å². The van der Waals surface area contributed by atoms with Crippen molar-refractivity contribution in [3.05, 3.63) is 35.9 Å². The first-order valence-corrected chi connectivity index (χ1v) is 8.70. The number of rotatable bonds is 7. The molecule has 0 bridgehead atoms. The minimum absolute atomic E-state index is 0.0939. The Balaban J connectivity index is 1.76. The zero-order valence-electron chi connectivity index (χ0n) is 14.4. The van der Waals surface area contributed by atoms with Gasteiger partial charge >= 0.3 is 0 Å². The molecule has 23 heavy (non-hydrogen) atoms. The van der Waals surface area contributed by atoms with Crippen LogP contribution in [0.1, 0.15) is 45.1 Å². The summed E-state index contributed by atoms with van der Waals surface area (Å²) in [6.45, 7) is 6.93. The molecule has 4 heteroatoms. The zero-order valence-corrected chi connectivity index (χ0v) is 14.4. The van der Waals surface area contributed by atoms with E-state index in [-0.39, 0.29) is 24.0 Å². The van der Waals surface area contributed by atoms with E-state index in [1.165, 1.54) is 18.4 Å². The second-order valence-corrected chi connectivity index (χ2v) is 7.14. The van der Waals surface area contributed by atoms with Gasteiger partial charge in [0.1, 0.15) is 0 Å². The number of benzene rings is 1. The Hall–Kier alpha value is -1.39. The van der Waals surface area contributed by atoms with Crippen LogP contribution in [0.3, 0.4) is 0 Å². The number of hydrogen-bond donors (Lipinski definition) is 2. The Bertz CT molecular complexity index is 487. The molecule has 0 unspecified atom stereocenters. The number of amides is 1. The fraction of sp³-hybridized carbons (Fsp3) is 0.632. The van der Waals surface area contributed by atoms with Gasteiger partial charge in [-0.25, -0.2) is 0 Å². The monoisotopic (exact) mass is 318 g/mol. The molecule has 1 amide bonds. The number of nitrogens with one attached hydrogen (secondary N) is 1. The Kier molecular flexibility index (Phi) is 6.60. The second kappa shape index (κ2) is 8.46. The Labute approximate surface area is 139 Å². The van der Waals surface area contributed by atoms with Crippen LogP contribution in [-0.2, 0) is 10.2 Å². The SMILES string of the molecule is CC(C)(CC(=O)NCCN1CCCC[C@@H]1CO)c1ccccc1. The Morgan fingerprint density at radius 2 is 2.04 bits per heavy atom. The van der Waals surface area contributed by atoms with Gasteiger partial charge in [0.25, 0.3) is 0 Å². The first-order chi connectivity index (χ1) is 11.0. The van der Waals surface area contributed by atoms with E-state index in [1.54, 1.807) is 0 Å². The normalized spacial score (nSPS) is 19.5. The Morgan fingerprint density at radius 3 is 2.74 bits per heavy atom. The summed E-state index contributed by atoms with van der Waals surface area (Å²) in [6, 6.07) is 10.4. The summed E-state index contributed by atoms with van der Waals surface area (Å²) < 4.78 is 0. The summed E-state index contributed by atoms with van der Waals surface area (Å²) >= 11 is 0. The number of aliphatic hydroxyl groups excluding tert-OH is 1. The Morgan fingerprint density at radius 1 is 1.30 bits per heavy atom. The van der Waals surface area contributed by atoms with Crippen molar-refractivity contribution in [2.45, 2.75) is 51.0 Å². The molecule has 1 aromatic carbocycles. The summed E-state index contributed by atoms with van der Waals surface area (Å²) in [4.78, 5) is 14.5. The maximum absolute atomic E-state index is 12.2. The largest absolute Gasteiger partial charge is 0.395 e. The van der Waals surface area contributed by atoms with Crippen molar-refractivity contribution in [1.82, 2.24) is 10.2 Å². The fourth-order valence-electron chi connectivity index (χ4n) is 3.36. The van der Waals surface area contributed by atoms with Crippen molar-refractivity contribution >= 4 is 5.91 Å². The van der Waals surface area contributed by atoms with E-state index >= 15 is 0 Å². The van der Waals surface area contributed by atoms with Gasteiger partial charge in [-0.05, 0) is 30.4 Å². The van der Waals surface area contributed by atoms with Gasteiger partial charge in [0, 0.05) is 25.6 Å². The second-order valence-electron chi connectivity index (χ2n) is 7.14. The van der Waals surface area contributed by atoms with Gasteiger partial charge in [0.2, 0.25) is 5.91 Å². The van der Waals surface area contributed by atoms with Gasteiger partial charge in [-0.3, -0.25) is 9.69 Å². The molecule has 0 spiro atoms. The van der Waals surface area contributed by atoms with Gasteiger partial charge in [0.05, 0.1) is 6.61 Å². The number of likely N-dealkylation sites (tertiary alicyclic amines) is 1. The number of carbonyl (C=O) groups excluding carboxylic acids is 1. The molecule has 4 nitrogen and oxygen atoms in total. The third-order valence-corrected chi connectivity index (χ3v) is 4.84. The van der Waals surface area contributed by atoms with Crippen LogP contribution in [0.25, 0.3) is 0 Å². The van der Waals surface area contributed by atoms with Crippen molar-refractivity contribution in [2.24, 2.45) is 0 Å². The third-order valence-electron chi connectivity index (χ3n) is 4.84. The lowest BCUT2D eigenvalue weighted by Crippen LogP contribution is -2.45. The zero-order chi connectivity index (χ0) is 16.7. The van der Waals surface area contributed by atoms with E-state index in [0.717, 1.165) is 19.5 Å². The van der Waals surface area contributed by atoms with Crippen molar-refractivity contribution in [3.8, 4) is 0 Å². The lowest BCUT2D eigenvalue weighted by Gasteiger charge is -2.34. The van der Waals surface area contributed by atoms with Crippen LogP contribution in [-0.4, -0.2) is 48.2 Å². The molecule has 0 saturated carbocycles. The predicted molar refractivity (Wildman–Crippen MR) is 93.4 cm³/mol. The summed E-state index contributed by atoms with van der Waals surface area (Å²) in [7, 11) is 0. The molecule has 128 valence electrons. The van der Waals surface area contributed by atoms with Gasteiger partial charge in [-0.15, -0.1) is 0 Å². The first kappa shape index (κ1) is 18.0. The average Bonchev–Trinajstić information content (AvgIpc) is 2.55. The molecule has 1 fully saturated rings. The van der Waals surface area contributed by atoms with Crippen molar-refractivity contribution in [3.63, 3.8) is 0 Å². The minimum Gasteiger partial charge on any atom is -0.395 e. The summed E-state index contributed by atoms with van der Waals surface area (Å²) in [5.74, 6) is 0.0939. The summed E-state index contributed by atoms with van der Waals surface area (Å²) in [6.07, 6.45) is 3.93. The molecular formula is C19H30N2O2. The average molecular weight is 318 g/mol. The molecule has 1 saturated heterocycles. The standard InChI is InChI=1S/C19H30N2O2/c1-19(2,16-8-4-3-5-9-16)14-18(23)20-11-13-21-12-7-6-10-17(21)15-22/h3-5,8-9,17,22H,6-7,10-15H2,1-2H3,(H,20,23)/t17-/m1/s1. The van der Waals surface area contributed by atoms with Gasteiger partial charge < -0.3 is 10.4 Å². The lowest BCUT2D eigenvalue weighted by molar-refractivity contribution is -0.122. The van der Waals surface area contributed by atoms with Gasteiger partial charge in [0.15, 0.2) is 0 Å². The molecule has 0 aliphatic carbocycles. The third kappa shape index (κ3) is 5.33. The lowest BCUT2D eigenvalue weighted by atomic mass is 9.81. The quantitative estimate of drug-likeness (QED) is 0.811. The summed E-state index contributed by atoms with van der Waals surface area (Å²) in [5, 5.41) is 12.5. The molecule has 1 aliphatic rings. The van der Waals surface area contributed by atoms with Crippen molar-refractivity contribution in [1.29, 1.82) is 0 Å². The van der Waals surface area contributed by atoms with Gasteiger partial charge in [-0.2, -0.15) is 0 Å². The van der Waals surface area contributed by atoms with Crippen LogP contribution < -0.4 is 5.32 Å². The molecule has 2 rings (SSSR count). The molecule has 1 aromatic rings. The minimum atomic E-state index is -0.163. The van der Waals surface area contributed by atoms with Gasteiger partial charge in [-0.1, -0.05) is 50.6 Å². The number of hydrogen-bond acceptors (Lipinski definition) is 3. The van der Waals surface area contributed by atoms with Crippen LogP contribution in [0.2, 0.25) is 0 Å². The van der Waals surface area contributed by atoms with E-state index in [0.29, 0.717) is 13.0 Å². The molecule has 1 aliphatic heterocycles. The van der Waals surface area contributed by atoms with Crippen LogP contribution in [0.15, 0.2) is 30.3 Å². The van der Waals surface area contributed by atoms with E-state index in [4.69, 9.17) is 0 Å². The van der Waals surface area contributed by atoms with Crippen LogP contribution in [0.4, 0.5) is 0 Å². The van der Waals surface area contributed by atoms with Crippen LogP contribution in [0.5, 0.6) is 0 Å². The smallest absolute Gasteiger partial charge is 0.220 e. The maximum Gasteiger partial charge on any atom is 0.220 e. The molecule has 0 aromatic heterocycles. The molecule has 1 heterocycles. The molecular weight excluding hydrogens is 288 g/mol. The highest BCUT2D eigenvalue weighted by molar-refractivity contribution is 5.77. The van der Waals surface area contributed by atoms with Crippen LogP contribution >= 0.6 is 0 Å². The number of nitrogens with zero attached hydrogens (tertiary/aromatic N) is 1. The van der Waals surface area contributed by atoms with Crippen LogP contribution in [0, 0.1) is 0 Å². The van der Waals surface area contributed by atoms with E-state index in [9.17, 15) is 9.90 Å². The highest BCUT2D eigenvalue weighted by Gasteiger charge is 2.24. The molecule has 0 radical (unpaired) electrons. The van der Waals surface area contributed by atoms with Crippen molar-refractivity contribution < 1.29 is 9.90 Å². The maximum atomic E-state index is 12.2. The highest BCUT2D eigenvalue weighted by atomic mass is 16.3. The number of aliphatic hydroxyl groups is 1. The molecule has 2 N–H and O–H groups in total. The van der Waals surface area contributed by atoms with Crippen molar-refractivity contribution in [2.75, 3.05) is 26.2 Å². The predicted octanol–water partition coefficient (Wildman–Crippen LogP) is 2.32. The number of piperidine rings is 1. The summed E-state index contributed by atoms with van der Waals surface area (Å²) in [5.41, 5.74) is 1.02. The van der Waals surface area contributed by atoms with E-state index < -0.39 is 0 Å². The first-order valence-electron chi connectivity index (χ1n) is 8.70. The highest BCUT2D eigenvalue weighted by Crippen LogP contribution is 2.26. The van der Waals surface area contributed by atoms with E-state index in [1.807, 2.05) is 18.2 Å². The van der Waals surface area contributed by atoms with E-state index in [2.05, 4.69) is 36.2 Å². The number of carbonyl (C=O) groups is 1. The fourth-order valence-corrected chi connectivity index (χ4v) is 3.36.